The molecule has 0 aliphatic heterocycles. The smallest absolute Gasteiger partial charge is 0.229 e. The van der Waals surface area contributed by atoms with Crippen molar-refractivity contribution in [3.8, 4) is 0 Å². The summed E-state index contributed by atoms with van der Waals surface area (Å²) < 4.78 is 24.8. The highest BCUT2D eigenvalue weighted by Gasteiger charge is 2.18. The minimum atomic E-state index is -3.41. The zero-order valence-corrected chi connectivity index (χ0v) is 20.7. The molecule has 0 aliphatic carbocycles. The number of nitrogens with zero attached hydrogens (tertiary/aromatic N) is 2. The third-order valence-corrected chi connectivity index (χ3v) is 6.11. The van der Waals surface area contributed by atoms with Crippen molar-refractivity contribution in [2.45, 2.75) is 31.2 Å². The number of para-hydroxylation sites is 1. The molecule has 0 spiro atoms. The fraction of sp³-hybridized carbons (Fsp3) is 0.227. The number of anilines is 4. The molecule has 1 aromatic heterocycles. The summed E-state index contributed by atoms with van der Waals surface area (Å²) >= 11 is 3.41. The molecule has 2 aromatic carbocycles. The van der Waals surface area contributed by atoms with Crippen LogP contribution in [-0.2, 0) is 9.84 Å². The van der Waals surface area contributed by atoms with Crippen molar-refractivity contribution in [3.63, 3.8) is 0 Å². The van der Waals surface area contributed by atoms with Gasteiger partial charge in [-0.3, -0.25) is 0 Å². The Morgan fingerprint density at radius 3 is 2.50 bits per heavy atom. The van der Waals surface area contributed by atoms with Crippen LogP contribution in [0.1, 0.15) is 26.3 Å². The molecule has 8 nitrogen and oxygen atoms in total. The Kier molecular flexibility index (Phi) is 6.97. The second-order valence-corrected chi connectivity index (χ2v) is 11.2. The van der Waals surface area contributed by atoms with Crippen LogP contribution in [0.15, 0.2) is 58.0 Å². The number of hydrogen-bond acceptors (Lipinski definition) is 7. The lowest BCUT2D eigenvalue weighted by atomic mass is 10.1. The molecule has 168 valence electrons. The lowest BCUT2D eigenvalue weighted by Crippen LogP contribution is -2.89. The van der Waals surface area contributed by atoms with E-state index in [4.69, 9.17) is 5.41 Å². The van der Waals surface area contributed by atoms with Crippen LogP contribution in [0, 0.1) is 5.41 Å². The topological polar surface area (TPSA) is 124 Å². The summed E-state index contributed by atoms with van der Waals surface area (Å²) in [7, 11) is -3.41. The highest BCUT2D eigenvalue weighted by atomic mass is 79.9. The maximum Gasteiger partial charge on any atom is 0.229 e. The molecule has 5 N–H and O–H groups in total. The molecular weight excluding hydrogens is 492 g/mol. The largest absolute Gasteiger partial charge is 0.338 e. The first kappa shape index (κ1) is 23.8. The molecule has 32 heavy (non-hydrogen) atoms. The van der Waals surface area contributed by atoms with Crippen LogP contribution in [0.4, 0.5) is 28.8 Å². The number of halogens is 1. The van der Waals surface area contributed by atoms with Gasteiger partial charge in [0.15, 0.2) is 9.84 Å². The van der Waals surface area contributed by atoms with E-state index in [9.17, 15) is 8.42 Å². The van der Waals surface area contributed by atoms with E-state index in [0.29, 0.717) is 21.9 Å². The molecule has 1 heterocycles. The first-order valence-corrected chi connectivity index (χ1v) is 12.5. The first-order chi connectivity index (χ1) is 15.0. The van der Waals surface area contributed by atoms with Crippen molar-refractivity contribution in [1.82, 2.24) is 9.97 Å². The maximum atomic E-state index is 12.1. The molecule has 0 radical (unpaired) electrons. The fourth-order valence-corrected chi connectivity index (χ4v) is 4.17. The molecule has 0 aliphatic rings. The van der Waals surface area contributed by atoms with Gasteiger partial charge in [-0.15, -0.1) is 0 Å². The normalized spacial score (nSPS) is 11.8. The molecule has 3 rings (SSSR count). The number of sulfone groups is 1. The van der Waals surface area contributed by atoms with Crippen LogP contribution >= 0.6 is 15.9 Å². The average Bonchev–Trinajstić information content (AvgIpc) is 2.70. The van der Waals surface area contributed by atoms with Crippen LogP contribution in [0.3, 0.4) is 0 Å². The summed E-state index contributed by atoms with van der Waals surface area (Å²) in [4.78, 5) is 8.96. The minimum Gasteiger partial charge on any atom is -0.338 e. The van der Waals surface area contributed by atoms with Gasteiger partial charge in [0.25, 0.3) is 0 Å². The predicted octanol–water partition coefficient (Wildman–Crippen LogP) is 4.12. The second-order valence-electron chi connectivity index (χ2n) is 8.41. The standard InChI is InChI=1S/C22H25BrN6O2S/c1-22(2,3)29-17-10-9-15(11-14(17)12-24)26-21-25-13-16(23)20(28-21)27-18-7-5-6-8-19(18)32(4,30)31/h5-13,24,29H,1-4H3,(H2,25,26,27,28)/p+1. The summed E-state index contributed by atoms with van der Waals surface area (Å²) in [6.45, 7) is 6.33. The molecule has 10 heteroatoms. The van der Waals surface area contributed by atoms with Crippen molar-refractivity contribution in [2.75, 3.05) is 16.9 Å². The Labute approximate surface area is 196 Å². The lowest BCUT2D eigenvalue weighted by molar-refractivity contribution is -0.642. The van der Waals surface area contributed by atoms with Crippen molar-refractivity contribution < 1.29 is 13.7 Å². The number of benzene rings is 2. The summed E-state index contributed by atoms with van der Waals surface area (Å²) in [5, 5.41) is 16.1. The van der Waals surface area contributed by atoms with Crippen LogP contribution in [0.25, 0.3) is 0 Å². The molecule has 0 saturated heterocycles. The van der Waals surface area contributed by atoms with Gasteiger partial charge in [0, 0.05) is 30.4 Å². The van der Waals surface area contributed by atoms with E-state index in [-0.39, 0.29) is 10.4 Å². The number of aromatic nitrogens is 2. The highest BCUT2D eigenvalue weighted by molar-refractivity contribution is 9.10. The number of rotatable bonds is 7. The maximum absolute atomic E-state index is 12.1. The van der Waals surface area contributed by atoms with Gasteiger partial charge in [0.05, 0.1) is 26.2 Å². The molecule has 0 atom stereocenters. The van der Waals surface area contributed by atoms with Gasteiger partial charge in [0.2, 0.25) is 5.95 Å². The number of nitrogens with two attached hydrogens (primary N) is 1. The van der Waals surface area contributed by atoms with E-state index in [1.807, 2.05) is 18.2 Å². The summed E-state index contributed by atoms with van der Waals surface area (Å²) in [6.07, 6.45) is 4.07. The Balaban J connectivity index is 1.88. The van der Waals surface area contributed by atoms with E-state index in [2.05, 4.69) is 62.6 Å². The highest BCUT2D eigenvalue weighted by Crippen LogP contribution is 2.29. The molecule has 0 bridgehead atoms. The number of hydrogen-bond donors (Lipinski definition) is 4. The van der Waals surface area contributed by atoms with Gasteiger partial charge in [-0.2, -0.15) is 4.98 Å². The van der Waals surface area contributed by atoms with E-state index < -0.39 is 9.84 Å². The SMILES string of the molecule is CC(C)(C)[NH2+]c1ccc(Nc2ncc(Br)c(Nc3ccccc3S(C)(=O)=O)n2)cc1C=N. The molecule has 3 aromatic rings. The molecule has 0 saturated carbocycles. The second kappa shape index (κ2) is 9.35. The summed E-state index contributed by atoms with van der Waals surface area (Å²) in [5.74, 6) is 0.750. The lowest BCUT2D eigenvalue weighted by Gasteiger charge is -2.18. The van der Waals surface area contributed by atoms with Gasteiger partial charge >= 0.3 is 0 Å². The summed E-state index contributed by atoms with van der Waals surface area (Å²) in [5.41, 5.74) is 2.91. The third kappa shape index (κ3) is 6.12. The Bertz CT molecular complexity index is 1260. The predicted molar refractivity (Wildman–Crippen MR) is 132 cm³/mol. The molecule has 0 fully saturated rings. The van der Waals surface area contributed by atoms with Gasteiger partial charge in [0.1, 0.15) is 11.5 Å². The zero-order valence-electron chi connectivity index (χ0n) is 18.3. The van der Waals surface area contributed by atoms with Crippen molar-refractivity contribution in [2.24, 2.45) is 0 Å². The van der Waals surface area contributed by atoms with Crippen molar-refractivity contribution in [3.05, 3.63) is 58.7 Å². The number of quaternary nitrogens is 1. The van der Waals surface area contributed by atoms with E-state index in [1.54, 1.807) is 30.5 Å². The molecular formula is C22H26BrN6O2S+. The van der Waals surface area contributed by atoms with Gasteiger partial charge in [-0.05, 0) is 61.0 Å². The first-order valence-electron chi connectivity index (χ1n) is 9.82. The Morgan fingerprint density at radius 1 is 1.12 bits per heavy atom. The fourth-order valence-electron chi connectivity index (χ4n) is 3.04. The number of nitrogens with one attached hydrogen (secondary N) is 3. The third-order valence-electron chi connectivity index (χ3n) is 4.37. The monoisotopic (exact) mass is 517 g/mol. The van der Waals surface area contributed by atoms with Crippen LogP contribution in [0.2, 0.25) is 0 Å². The van der Waals surface area contributed by atoms with Crippen LogP contribution < -0.4 is 16.0 Å². The Morgan fingerprint density at radius 2 is 1.84 bits per heavy atom. The molecule has 0 amide bonds. The van der Waals surface area contributed by atoms with Crippen molar-refractivity contribution >= 4 is 60.8 Å². The average molecular weight is 518 g/mol. The molecule has 0 unspecified atom stereocenters. The zero-order chi connectivity index (χ0) is 23.5. The quantitative estimate of drug-likeness (QED) is 0.276. The van der Waals surface area contributed by atoms with E-state index in [1.165, 1.54) is 6.21 Å². The Hall–Kier alpha value is -2.82. The van der Waals surface area contributed by atoms with Crippen LogP contribution in [-0.4, -0.2) is 36.4 Å². The summed E-state index contributed by atoms with van der Waals surface area (Å²) in [6, 6.07) is 12.4. The van der Waals surface area contributed by atoms with Gasteiger partial charge < -0.3 is 21.4 Å². The van der Waals surface area contributed by atoms with Crippen LogP contribution in [0.5, 0.6) is 0 Å². The van der Waals surface area contributed by atoms with Gasteiger partial charge in [-0.25, -0.2) is 13.4 Å². The minimum absolute atomic E-state index is 0.00957. The van der Waals surface area contributed by atoms with E-state index >= 15 is 0 Å². The van der Waals surface area contributed by atoms with Gasteiger partial charge in [-0.1, -0.05) is 12.1 Å². The van der Waals surface area contributed by atoms with E-state index in [0.717, 1.165) is 23.2 Å². The van der Waals surface area contributed by atoms with Crippen molar-refractivity contribution in [1.29, 1.82) is 5.41 Å².